The lowest BCUT2D eigenvalue weighted by molar-refractivity contribution is -0.144. The normalized spacial score (nSPS) is 10.8. The van der Waals surface area contributed by atoms with Crippen LogP contribution in [0.15, 0.2) is 24.3 Å². The van der Waals surface area contributed by atoms with Crippen LogP contribution < -0.4 is 4.74 Å². The monoisotopic (exact) mass is 353 g/mol. The van der Waals surface area contributed by atoms with Crippen molar-refractivity contribution in [1.82, 2.24) is 15.1 Å². The van der Waals surface area contributed by atoms with Gasteiger partial charge in [0.25, 0.3) is 5.19 Å². The summed E-state index contributed by atoms with van der Waals surface area (Å²) in [6.07, 6.45) is 0. The van der Waals surface area contributed by atoms with E-state index in [4.69, 9.17) is 9.47 Å². The third-order valence-corrected chi connectivity index (χ3v) is 3.87. The number of halogens is 1. The Hall–Kier alpha value is -2.06. The van der Waals surface area contributed by atoms with E-state index in [9.17, 15) is 9.18 Å². The summed E-state index contributed by atoms with van der Waals surface area (Å²) < 4.78 is 23.4. The average Bonchev–Trinajstić information content (AvgIpc) is 2.97. The molecule has 0 radical (unpaired) electrons. The maximum atomic E-state index is 13.0. The first-order chi connectivity index (χ1) is 11.6. The van der Waals surface area contributed by atoms with Gasteiger partial charge < -0.3 is 9.47 Å². The van der Waals surface area contributed by atoms with E-state index >= 15 is 0 Å². The lowest BCUT2D eigenvalue weighted by Gasteiger charge is -2.20. The van der Waals surface area contributed by atoms with E-state index in [1.165, 1.54) is 23.5 Å². The van der Waals surface area contributed by atoms with Crippen LogP contribution in [-0.2, 0) is 22.6 Å². The van der Waals surface area contributed by atoms with Crippen molar-refractivity contribution >= 4 is 17.3 Å². The highest BCUT2D eigenvalue weighted by Crippen LogP contribution is 2.20. The molecule has 2 aromatic rings. The van der Waals surface area contributed by atoms with Crippen molar-refractivity contribution in [3.05, 3.63) is 40.7 Å². The summed E-state index contributed by atoms with van der Waals surface area (Å²) in [5, 5.41) is 9.27. The van der Waals surface area contributed by atoms with Crippen LogP contribution in [-0.4, -0.2) is 40.8 Å². The molecule has 2 rings (SSSR count). The molecule has 0 atom stereocenters. The van der Waals surface area contributed by atoms with Crippen molar-refractivity contribution < 1.29 is 18.7 Å². The quantitative estimate of drug-likeness (QED) is 0.646. The average molecular weight is 353 g/mol. The smallest absolute Gasteiger partial charge is 0.320 e. The van der Waals surface area contributed by atoms with Gasteiger partial charge in [0, 0.05) is 6.54 Å². The van der Waals surface area contributed by atoms with Crippen molar-refractivity contribution in [3.63, 3.8) is 0 Å². The molecule has 0 saturated heterocycles. The summed E-state index contributed by atoms with van der Waals surface area (Å²) in [6, 6.07) is 6.18. The fourth-order valence-corrected chi connectivity index (χ4v) is 2.87. The third kappa shape index (κ3) is 5.86. The van der Waals surface area contributed by atoms with Gasteiger partial charge in [0.2, 0.25) is 0 Å². The summed E-state index contributed by atoms with van der Waals surface area (Å²) in [6.45, 7) is 5.52. The lowest BCUT2D eigenvalue weighted by Crippen LogP contribution is -2.30. The molecule has 0 aliphatic heterocycles. The van der Waals surface area contributed by atoms with Crippen molar-refractivity contribution in [2.45, 2.75) is 26.9 Å². The molecule has 0 spiro atoms. The summed E-state index contributed by atoms with van der Waals surface area (Å²) in [4.78, 5) is 13.7. The van der Waals surface area contributed by atoms with E-state index < -0.39 is 0 Å². The van der Waals surface area contributed by atoms with Crippen molar-refractivity contribution in [2.24, 2.45) is 0 Å². The molecule has 0 aliphatic rings. The van der Waals surface area contributed by atoms with E-state index in [0.717, 1.165) is 10.6 Å². The molecule has 0 fully saturated rings. The minimum absolute atomic E-state index is 0.120. The Kier molecular flexibility index (Phi) is 7.07. The molecule has 0 amide bonds. The Morgan fingerprint density at radius 1 is 1.17 bits per heavy atom. The molecule has 0 unspecified atom stereocenters. The number of nitrogens with zero attached hydrogens (tertiary/aromatic N) is 3. The van der Waals surface area contributed by atoms with Crippen LogP contribution in [0.3, 0.4) is 0 Å². The summed E-state index contributed by atoms with van der Waals surface area (Å²) in [5.74, 6) is -0.602. The van der Waals surface area contributed by atoms with Gasteiger partial charge in [-0.2, -0.15) is 0 Å². The molecule has 1 aromatic heterocycles. The zero-order valence-corrected chi connectivity index (χ0v) is 14.5. The topological polar surface area (TPSA) is 64.5 Å². The Morgan fingerprint density at radius 2 is 1.92 bits per heavy atom. The predicted octanol–water partition coefficient (Wildman–Crippen LogP) is 2.64. The molecule has 0 N–H and O–H groups in total. The molecular formula is C16H20FN3O3S. The highest BCUT2D eigenvalue weighted by atomic mass is 32.1. The summed E-state index contributed by atoms with van der Waals surface area (Å²) >= 11 is 1.34. The van der Waals surface area contributed by atoms with Gasteiger partial charge in [-0.3, -0.25) is 9.69 Å². The van der Waals surface area contributed by atoms with E-state index in [-0.39, 0.29) is 18.3 Å². The lowest BCUT2D eigenvalue weighted by atomic mass is 10.2. The fourth-order valence-electron chi connectivity index (χ4n) is 2.08. The number of ether oxygens (including phenoxy) is 2. The van der Waals surface area contributed by atoms with Crippen LogP contribution in [0.2, 0.25) is 0 Å². The molecule has 24 heavy (non-hydrogen) atoms. The van der Waals surface area contributed by atoms with Crippen LogP contribution in [0.5, 0.6) is 5.19 Å². The second-order valence-electron chi connectivity index (χ2n) is 4.97. The van der Waals surface area contributed by atoms with Gasteiger partial charge in [0.15, 0.2) is 0 Å². The van der Waals surface area contributed by atoms with Crippen LogP contribution in [0.25, 0.3) is 0 Å². The van der Waals surface area contributed by atoms with Crippen LogP contribution in [0, 0.1) is 5.82 Å². The highest BCUT2D eigenvalue weighted by Gasteiger charge is 2.16. The SMILES string of the molecule is CCOC(=O)CN(Cc1ccc(F)cc1)Cc1nnc(OCC)s1. The summed E-state index contributed by atoms with van der Waals surface area (Å²) in [7, 11) is 0. The maximum absolute atomic E-state index is 13.0. The number of carbonyl (C=O) groups is 1. The first-order valence-corrected chi connectivity index (χ1v) is 8.50. The third-order valence-electron chi connectivity index (χ3n) is 3.05. The zero-order chi connectivity index (χ0) is 17.4. The van der Waals surface area contributed by atoms with Gasteiger partial charge in [-0.15, -0.1) is 10.2 Å². The predicted molar refractivity (Wildman–Crippen MR) is 88.2 cm³/mol. The van der Waals surface area contributed by atoms with E-state index in [0.29, 0.717) is 31.5 Å². The van der Waals surface area contributed by atoms with E-state index in [1.807, 2.05) is 11.8 Å². The molecule has 1 heterocycles. The van der Waals surface area contributed by atoms with Crippen molar-refractivity contribution in [2.75, 3.05) is 19.8 Å². The van der Waals surface area contributed by atoms with Crippen molar-refractivity contribution in [1.29, 1.82) is 0 Å². The molecule has 130 valence electrons. The Morgan fingerprint density at radius 3 is 2.58 bits per heavy atom. The minimum atomic E-state index is -0.311. The Balaban J connectivity index is 2.05. The number of rotatable bonds is 9. The number of hydrogen-bond acceptors (Lipinski definition) is 7. The van der Waals surface area contributed by atoms with Crippen LogP contribution in [0.4, 0.5) is 4.39 Å². The number of benzene rings is 1. The largest absolute Gasteiger partial charge is 0.469 e. The Bertz CT molecular complexity index is 648. The second-order valence-corrected chi connectivity index (χ2v) is 6.00. The highest BCUT2D eigenvalue weighted by molar-refractivity contribution is 7.13. The first kappa shape index (κ1) is 18.3. The molecule has 8 heteroatoms. The van der Waals surface area contributed by atoms with Gasteiger partial charge in [-0.25, -0.2) is 4.39 Å². The maximum Gasteiger partial charge on any atom is 0.320 e. The van der Waals surface area contributed by atoms with Gasteiger partial charge in [-0.05, 0) is 31.5 Å². The molecule has 1 aromatic carbocycles. The van der Waals surface area contributed by atoms with E-state index in [1.54, 1.807) is 19.1 Å². The Labute approximate surface area is 144 Å². The van der Waals surface area contributed by atoms with Gasteiger partial charge in [0.05, 0.1) is 26.3 Å². The molecule has 6 nitrogen and oxygen atoms in total. The second kappa shape index (κ2) is 9.29. The number of aromatic nitrogens is 2. The molecule has 0 aliphatic carbocycles. The number of esters is 1. The van der Waals surface area contributed by atoms with Crippen LogP contribution >= 0.6 is 11.3 Å². The number of hydrogen-bond donors (Lipinski definition) is 0. The minimum Gasteiger partial charge on any atom is -0.469 e. The van der Waals surface area contributed by atoms with Gasteiger partial charge >= 0.3 is 5.97 Å². The van der Waals surface area contributed by atoms with E-state index in [2.05, 4.69) is 10.2 Å². The standard InChI is InChI=1S/C16H20FN3O3S/c1-3-22-15(21)11-20(9-12-5-7-13(17)8-6-12)10-14-18-19-16(24-14)23-4-2/h5-8H,3-4,9-11H2,1-2H3. The molecule has 0 bridgehead atoms. The number of carbonyl (C=O) groups excluding carboxylic acids is 1. The van der Waals surface area contributed by atoms with Gasteiger partial charge in [0.1, 0.15) is 10.8 Å². The fraction of sp³-hybridized carbons (Fsp3) is 0.438. The van der Waals surface area contributed by atoms with Gasteiger partial charge in [-0.1, -0.05) is 23.5 Å². The molecule has 0 saturated carbocycles. The van der Waals surface area contributed by atoms with Crippen molar-refractivity contribution in [3.8, 4) is 5.19 Å². The zero-order valence-electron chi connectivity index (χ0n) is 13.7. The van der Waals surface area contributed by atoms with Crippen LogP contribution in [0.1, 0.15) is 24.4 Å². The first-order valence-electron chi connectivity index (χ1n) is 7.68. The molecular weight excluding hydrogens is 333 g/mol. The summed E-state index contributed by atoms with van der Waals surface area (Å²) in [5.41, 5.74) is 0.898.